The number of ether oxygens (including phenoxy) is 1. The van der Waals surface area contributed by atoms with Crippen LogP contribution in [-0.2, 0) is 10.9 Å². The number of alkyl carbamates (subject to hydrolysis) is 1. The van der Waals surface area contributed by atoms with Gasteiger partial charge in [0, 0.05) is 25.0 Å². The number of nitrogens with zero attached hydrogens (tertiary/aromatic N) is 2. The number of aromatic nitrogens is 2. The van der Waals surface area contributed by atoms with Gasteiger partial charge in [0.05, 0.1) is 10.0 Å². The summed E-state index contributed by atoms with van der Waals surface area (Å²) in [6.45, 7) is 5.52. The molecule has 0 spiro atoms. The second-order valence-corrected chi connectivity index (χ2v) is 8.23. The molecule has 7 nitrogen and oxygen atoms in total. The SMILES string of the molecule is CC(C)(C)OC(=O)NCCCNc1nc(Nc2ccc(Cl)c(Cl)c2)ncc1C(F)(F)F. The van der Waals surface area contributed by atoms with Gasteiger partial charge in [-0.05, 0) is 45.4 Å². The van der Waals surface area contributed by atoms with Gasteiger partial charge in [0.25, 0.3) is 0 Å². The van der Waals surface area contributed by atoms with Crippen molar-refractivity contribution in [2.45, 2.75) is 39.0 Å². The molecule has 1 amide bonds. The Morgan fingerprint density at radius 2 is 1.84 bits per heavy atom. The fourth-order valence-corrected chi connectivity index (χ4v) is 2.59. The lowest BCUT2D eigenvalue weighted by molar-refractivity contribution is -0.137. The van der Waals surface area contributed by atoms with Gasteiger partial charge in [-0.2, -0.15) is 18.2 Å². The van der Waals surface area contributed by atoms with Crippen molar-refractivity contribution in [3.8, 4) is 0 Å². The largest absolute Gasteiger partial charge is 0.444 e. The summed E-state index contributed by atoms with van der Waals surface area (Å²) in [5.74, 6) is -0.442. The molecule has 0 bridgehead atoms. The molecule has 0 aliphatic heterocycles. The van der Waals surface area contributed by atoms with Crippen molar-refractivity contribution in [1.29, 1.82) is 0 Å². The zero-order valence-corrected chi connectivity index (χ0v) is 18.5. The Hall–Kier alpha value is -2.46. The fraction of sp³-hybridized carbons (Fsp3) is 0.421. The highest BCUT2D eigenvalue weighted by Gasteiger charge is 2.35. The van der Waals surface area contributed by atoms with Gasteiger partial charge < -0.3 is 20.7 Å². The van der Waals surface area contributed by atoms with Crippen molar-refractivity contribution in [1.82, 2.24) is 15.3 Å². The van der Waals surface area contributed by atoms with Gasteiger partial charge in [-0.15, -0.1) is 0 Å². The number of anilines is 3. The summed E-state index contributed by atoms with van der Waals surface area (Å²) in [6.07, 6.45) is -4.21. The third-order valence-corrected chi connectivity index (χ3v) is 4.32. The third kappa shape index (κ3) is 8.29. The zero-order valence-electron chi connectivity index (χ0n) is 17.0. The monoisotopic (exact) mass is 479 g/mol. The van der Waals surface area contributed by atoms with E-state index in [-0.39, 0.29) is 29.9 Å². The van der Waals surface area contributed by atoms with E-state index in [1.54, 1.807) is 26.8 Å². The Bertz CT molecular complexity index is 920. The summed E-state index contributed by atoms with van der Waals surface area (Å²) in [5, 5.41) is 8.56. The standard InChI is InChI=1S/C19H22Cl2F3N5O2/c1-18(2,3)31-17(30)26-8-4-7-25-15-12(19(22,23)24)10-27-16(29-15)28-11-5-6-13(20)14(21)9-11/h5-6,9-10H,4,7-8H2,1-3H3,(H,26,30)(H2,25,27,28,29). The first-order chi connectivity index (χ1) is 14.3. The van der Waals surface area contributed by atoms with Crippen LogP contribution in [0.1, 0.15) is 32.8 Å². The van der Waals surface area contributed by atoms with Gasteiger partial charge in [-0.25, -0.2) is 9.78 Å². The van der Waals surface area contributed by atoms with Gasteiger partial charge >= 0.3 is 12.3 Å². The molecule has 31 heavy (non-hydrogen) atoms. The van der Waals surface area contributed by atoms with Crippen molar-refractivity contribution < 1.29 is 22.7 Å². The van der Waals surface area contributed by atoms with Crippen molar-refractivity contribution in [3.05, 3.63) is 40.0 Å². The van der Waals surface area contributed by atoms with E-state index >= 15 is 0 Å². The van der Waals surface area contributed by atoms with Gasteiger partial charge in [0.1, 0.15) is 17.0 Å². The molecule has 2 rings (SSSR count). The van der Waals surface area contributed by atoms with Crippen LogP contribution < -0.4 is 16.0 Å². The Labute approximate surface area is 187 Å². The molecule has 1 heterocycles. The van der Waals surface area contributed by atoms with Crippen LogP contribution in [0.15, 0.2) is 24.4 Å². The van der Waals surface area contributed by atoms with Crippen LogP contribution in [-0.4, -0.2) is 34.8 Å². The number of benzene rings is 1. The minimum absolute atomic E-state index is 0.0548. The molecule has 170 valence electrons. The van der Waals surface area contributed by atoms with Gasteiger partial charge in [0.2, 0.25) is 5.95 Å². The molecule has 0 atom stereocenters. The molecular formula is C19H22Cl2F3N5O2. The lowest BCUT2D eigenvalue weighted by atomic mass is 10.2. The predicted molar refractivity (Wildman–Crippen MR) is 114 cm³/mol. The van der Waals surface area contributed by atoms with Crippen LogP contribution in [0.25, 0.3) is 0 Å². The Morgan fingerprint density at radius 3 is 2.45 bits per heavy atom. The maximum absolute atomic E-state index is 13.3. The Morgan fingerprint density at radius 1 is 1.13 bits per heavy atom. The summed E-state index contributed by atoms with van der Waals surface area (Å²) >= 11 is 11.8. The van der Waals surface area contributed by atoms with Gasteiger partial charge in [-0.3, -0.25) is 0 Å². The lowest BCUT2D eigenvalue weighted by Crippen LogP contribution is -2.33. The van der Waals surface area contributed by atoms with Gasteiger partial charge in [0.15, 0.2) is 0 Å². The quantitative estimate of drug-likeness (QED) is 0.430. The van der Waals surface area contributed by atoms with Crippen LogP contribution in [0.5, 0.6) is 0 Å². The average molecular weight is 480 g/mol. The highest BCUT2D eigenvalue weighted by Crippen LogP contribution is 2.34. The van der Waals surface area contributed by atoms with Gasteiger partial charge in [-0.1, -0.05) is 23.2 Å². The topological polar surface area (TPSA) is 88.2 Å². The molecule has 0 aliphatic rings. The molecule has 0 saturated carbocycles. The average Bonchev–Trinajstić information content (AvgIpc) is 2.62. The second-order valence-electron chi connectivity index (χ2n) is 7.42. The number of carbonyl (C=O) groups is 1. The summed E-state index contributed by atoms with van der Waals surface area (Å²) in [7, 11) is 0. The van der Waals surface area contributed by atoms with Crippen molar-refractivity contribution >= 4 is 46.7 Å². The molecule has 0 aliphatic carbocycles. The predicted octanol–water partition coefficient (Wildman–Crippen LogP) is 5.87. The van der Waals surface area contributed by atoms with E-state index in [1.165, 1.54) is 12.1 Å². The van der Waals surface area contributed by atoms with Crippen LogP contribution in [0.3, 0.4) is 0 Å². The highest BCUT2D eigenvalue weighted by atomic mass is 35.5. The van der Waals surface area contributed by atoms with E-state index < -0.39 is 23.4 Å². The van der Waals surface area contributed by atoms with Crippen LogP contribution in [0.2, 0.25) is 10.0 Å². The Kier molecular flexibility index (Phi) is 8.19. The maximum atomic E-state index is 13.3. The molecule has 1 aromatic carbocycles. The number of amides is 1. The fourth-order valence-electron chi connectivity index (χ4n) is 2.29. The van der Waals surface area contributed by atoms with Crippen molar-refractivity contribution in [3.63, 3.8) is 0 Å². The second kappa shape index (κ2) is 10.2. The van der Waals surface area contributed by atoms with E-state index in [0.717, 1.165) is 0 Å². The number of hydrogen-bond acceptors (Lipinski definition) is 6. The molecule has 2 aromatic rings. The molecular weight excluding hydrogens is 458 g/mol. The zero-order chi connectivity index (χ0) is 23.2. The number of rotatable bonds is 7. The summed E-state index contributed by atoms with van der Waals surface area (Å²) in [6, 6.07) is 4.62. The number of nitrogens with one attached hydrogen (secondary N) is 3. The first-order valence-electron chi connectivity index (χ1n) is 9.22. The van der Waals surface area contributed by atoms with E-state index in [4.69, 9.17) is 27.9 Å². The Balaban J connectivity index is 2.02. The molecule has 0 fully saturated rings. The lowest BCUT2D eigenvalue weighted by Gasteiger charge is -2.19. The summed E-state index contributed by atoms with van der Waals surface area (Å²) < 4.78 is 45.0. The van der Waals surface area contributed by atoms with Crippen molar-refractivity contribution in [2.24, 2.45) is 0 Å². The highest BCUT2D eigenvalue weighted by molar-refractivity contribution is 6.42. The molecule has 12 heteroatoms. The molecule has 0 radical (unpaired) electrons. The first-order valence-corrected chi connectivity index (χ1v) is 9.98. The maximum Gasteiger partial charge on any atom is 0.421 e. The summed E-state index contributed by atoms with van der Waals surface area (Å²) in [4.78, 5) is 19.2. The minimum Gasteiger partial charge on any atom is -0.444 e. The van der Waals surface area contributed by atoms with E-state index in [2.05, 4.69) is 25.9 Å². The van der Waals surface area contributed by atoms with E-state index in [9.17, 15) is 18.0 Å². The molecule has 0 saturated heterocycles. The van der Waals surface area contributed by atoms with Crippen LogP contribution in [0.4, 0.5) is 35.4 Å². The smallest absolute Gasteiger partial charge is 0.421 e. The molecule has 0 unspecified atom stereocenters. The number of hydrogen-bond donors (Lipinski definition) is 3. The number of carbonyl (C=O) groups excluding carboxylic acids is 1. The van der Waals surface area contributed by atoms with Crippen molar-refractivity contribution in [2.75, 3.05) is 23.7 Å². The number of alkyl halides is 3. The minimum atomic E-state index is -4.64. The molecule has 3 N–H and O–H groups in total. The van der Waals surface area contributed by atoms with Crippen LogP contribution in [0, 0.1) is 0 Å². The van der Waals surface area contributed by atoms with Crippen LogP contribution >= 0.6 is 23.2 Å². The third-order valence-electron chi connectivity index (χ3n) is 3.58. The molecule has 1 aromatic heterocycles. The number of halogens is 5. The summed E-state index contributed by atoms with van der Waals surface area (Å²) in [5.41, 5.74) is -1.18. The first kappa shape index (κ1) is 24.8. The normalized spacial score (nSPS) is 11.7. The van der Waals surface area contributed by atoms with E-state index in [0.29, 0.717) is 23.3 Å². The van der Waals surface area contributed by atoms with E-state index in [1.807, 2.05) is 0 Å².